The molecule has 0 fully saturated rings. The molecule has 4 heteroatoms. The largest absolute Gasteiger partial charge is 0.394 e. The van der Waals surface area contributed by atoms with Gasteiger partial charge in [0.2, 0.25) is 5.91 Å². The van der Waals surface area contributed by atoms with Gasteiger partial charge in [0.05, 0.1) is 18.8 Å². The fraction of sp³-hybridized carbons (Fsp3) is 0.900. The Kier molecular flexibility index (Phi) is 5.72. The van der Waals surface area contributed by atoms with Crippen LogP contribution in [0.3, 0.4) is 0 Å². The zero-order chi connectivity index (χ0) is 11.2. The van der Waals surface area contributed by atoms with Gasteiger partial charge in [-0.3, -0.25) is 4.79 Å². The van der Waals surface area contributed by atoms with Gasteiger partial charge in [-0.15, -0.1) is 0 Å². The monoisotopic (exact) mass is 203 g/mol. The zero-order valence-electron chi connectivity index (χ0n) is 9.21. The van der Waals surface area contributed by atoms with E-state index in [1.54, 1.807) is 6.92 Å². The highest BCUT2D eigenvalue weighted by Gasteiger charge is 2.27. The minimum absolute atomic E-state index is 0.0348. The van der Waals surface area contributed by atoms with Gasteiger partial charge in [-0.05, 0) is 19.8 Å². The Morgan fingerprint density at radius 1 is 1.29 bits per heavy atom. The third-order valence-electron chi connectivity index (χ3n) is 2.48. The van der Waals surface area contributed by atoms with Crippen molar-refractivity contribution in [2.24, 2.45) is 5.92 Å². The van der Waals surface area contributed by atoms with Gasteiger partial charge in [-0.2, -0.15) is 0 Å². The van der Waals surface area contributed by atoms with Crippen LogP contribution in [-0.4, -0.2) is 34.9 Å². The minimum Gasteiger partial charge on any atom is -0.394 e. The predicted octanol–water partition coefficient (Wildman–Crippen LogP) is 0.282. The molecule has 84 valence electrons. The third-order valence-corrected chi connectivity index (χ3v) is 2.48. The summed E-state index contributed by atoms with van der Waals surface area (Å²) >= 11 is 0. The molecule has 0 rings (SSSR count). The highest BCUT2D eigenvalue weighted by Crippen LogP contribution is 2.10. The smallest absolute Gasteiger partial charge is 0.223 e. The Hall–Kier alpha value is -0.610. The van der Waals surface area contributed by atoms with Crippen LogP contribution < -0.4 is 5.32 Å². The van der Waals surface area contributed by atoms with Crippen molar-refractivity contribution in [1.82, 2.24) is 5.32 Å². The van der Waals surface area contributed by atoms with Crippen molar-refractivity contribution < 1.29 is 15.0 Å². The molecule has 0 aliphatic heterocycles. The molecule has 1 amide bonds. The van der Waals surface area contributed by atoms with Crippen molar-refractivity contribution in [2.75, 3.05) is 13.2 Å². The van der Waals surface area contributed by atoms with E-state index in [0.717, 1.165) is 12.8 Å². The zero-order valence-corrected chi connectivity index (χ0v) is 9.21. The minimum atomic E-state index is -0.903. The maximum Gasteiger partial charge on any atom is 0.223 e. The molecule has 0 aliphatic rings. The highest BCUT2D eigenvalue weighted by atomic mass is 16.3. The molecule has 0 aromatic rings. The van der Waals surface area contributed by atoms with Crippen LogP contribution in [0.15, 0.2) is 0 Å². The van der Waals surface area contributed by atoms with Crippen molar-refractivity contribution in [3.8, 4) is 0 Å². The molecular weight excluding hydrogens is 182 g/mol. The van der Waals surface area contributed by atoms with Gasteiger partial charge in [0, 0.05) is 5.92 Å². The van der Waals surface area contributed by atoms with Crippen LogP contribution >= 0.6 is 0 Å². The molecule has 0 spiro atoms. The number of nitrogens with one attached hydrogen (secondary N) is 1. The molecule has 0 saturated heterocycles. The van der Waals surface area contributed by atoms with E-state index in [2.05, 4.69) is 5.32 Å². The van der Waals surface area contributed by atoms with E-state index in [-0.39, 0.29) is 25.0 Å². The van der Waals surface area contributed by atoms with Crippen molar-refractivity contribution >= 4 is 5.91 Å². The first-order chi connectivity index (χ1) is 6.52. The number of aliphatic hydroxyl groups is 2. The van der Waals surface area contributed by atoms with Gasteiger partial charge >= 0.3 is 0 Å². The SMILES string of the molecule is CCC(CC)C(=O)NC(C)(CO)CO. The summed E-state index contributed by atoms with van der Waals surface area (Å²) in [6.07, 6.45) is 1.55. The lowest BCUT2D eigenvalue weighted by molar-refractivity contribution is -0.128. The van der Waals surface area contributed by atoms with Crippen molar-refractivity contribution in [3.05, 3.63) is 0 Å². The van der Waals surface area contributed by atoms with Gasteiger partial charge in [-0.1, -0.05) is 13.8 Å². The lowest BCUT2D eigenvalue weighted by Crippen LogP contribution is -2.53. The maximum absolute atomic E-state index is 11.6. The van der Waals surface area contributed by atoms with Crippen LogP contribution in [0, 0.1) is 5.92 Å². The van der Waals surface area contributed by atoms with E-state index in [1.165, 1.54) is 0 Å². The maximum atomic E-state index is 11.6. The summed E-state index contributed by atoms with van der Waals surface area (Å²) in [6.45, 7) is 5.00. The Labute approximate surface area is 85.3 Å². The molecule has 14 heavy (non-hydrogen) atoms. The second-order valence-corrected chi connectivity index (χ2v) is 3.88. The molecule has 0 radical (unpaired) electrons. The summed E-state index contributed by atoms with van der Waals surface area (Å²) in [4.78, 5) is 11.6. The van der Waals surface area contributed by atoms with E-state index in [0.29, 0.717) is 0 Å². The summed E-state index contributed by atoms with van der Waals surface area (Å²) in [5, 5.41) is 20.6. The summed E-state index contributed by atoms with van der Waals surface area (Å²) in [5.74, 6) is -0.131. The first-order valence-electron chi connectivity index (χ1n) is 5.06. The molecule has 0 bridgehead atoms. The van der Waals surface area contributed by atoms with Crippen LogP contribution in [0.25, 0.3) is 0 Å². The van der Waals surface area contributed by atoms with E-state index < -0.39 is 5.54 Å². The van der Waals surface area contributed by atoms with E-state index in [1.807, 2.05) is 13.8 Å². The number of hydrogen-bond acceptors (Lipinski definition) is 3. The average molecular weight is 203 g/mol. The number of carbonyl (C=O) groups excluding carboxylic acids is 1. The Balaban J connectivity index is 4.28. The fourth-order valence-corrected chi connectivity index (χ4v) is 1.19. The molecule has 4 nitrogen and oxygen atoms in total. The Bertz CT molecular complexity index is 174. The molecular formula is C10H21NO3. The van der Waals surface area contributed by atoms with Crippen LogP contribution in [0.4, 0.5) is 0 Å². The standard InChI is InChI=1S/C10H21NO3/c1-4-8(5-2)9(14)11-10(3,6-12)7-13/h8,12-13H,4-7H2,1-3H3,(H,11,14). The molecule has 0 saturated carbocycles. The molecule has 0 aliphatic carbocycles. The number of aliphatic hydroxyl groups excluding tert-OH is 2. The average Bonchev–Trinajstić information content (AvgIpc) is 2.19. The molecule has 0 aromatic carbocycles. The third kappa shape index (κ3) is 3.64. The molecule has 0 heterocycles. The summed E-state index contributed by atoms with van der Waals surface area (Å²) in [6, 6.07) is 0. The second-order valence-electron chi connectivity index (χ2n) is 3.88. The summed E-state index contributed by atoms with van der Waals surface area (Å²) < 4.78 is 0. The van der Waals surface area contributed by atoms with E-state index >= 15 is 0 Å². The lowest BCUT2D eigenvalue weighted by Gasteiger charge is -2.28. The Morgan fingerprint density at radius 3 is 2.00 bits per heavy atom. The Morgan fingerprint density at radius 2 is 1.71 bits per heavy atom. The van der Waals surface area contributed by atoms with Crippen LogP contribution in [0.5, 0.6) is 0 Å². The molecule has 0 aromatic heterocycles. The topological polar surface area (TPSA) is 69.6 Å². The van der Waals surface area contributed by atoms with Gasteiger partial charge in [0.25, 0.3) is 0 Å². The van der Waals surface area contributed by atoms with E-state index in [4.69, 9.17) is 10.2 Å². The van der Waals surface area contributed by atoms with Gasteiger partial charge in [0.1, 0.15) is 0 Å². The number of carbonyl (C=O) groups is 1. The van der Waals surface area contributed by atoms with E-state index in [9.17, 15) is 4.79 Å². The fourth-order valence-electron chi connectivity index (χ4n) is 1.19. The lowest BCUT2D eigenvalue weighted by atomic mass is 9.99. The van der Waals surface area contributed by atoms with Gasteiger partial charge < -0.3 is 15.5 Å². The van der Waals surface area contributed by atoms with Crippen LogP contribution in [-0.2, 0) is 4.79 Å². The number of hydrogen-bond donors (Lipinski definition) is 3. The predicted molar refractivity (Wildman–Crippen MR) is 54.8 cm³/mol. The van der Waals surface area contributed by atoms with Crippen molar-refractivity contribution in [1.29, 1.82) is 0 Å². The summed E-state index contributed by atoms with van der Waals surface area (Å²) in [5.41, 5.74) is -0.903. The highest BCUT2D eigenvalue weighted by molar-refractivity contribution is 5.79. The number of amides is 1. The van der Waals surface area contributed by atoms with Crippen molar-refractivity contribution in [3.63, 3.8) is 0 Å². The molecule has 3 N–H and O–H groups in total. The summed E-state index contributed by atoms with van der Waals surface area (Å²) in [7, 11) is 0. The molecule has 0 unspecified atom stereocenters. The molecule has 0 atom stereocenters. The van der Waals surface area contributed by atoms with Crippen molar-refractivity contribution in [2.45, 2.75) is 39.2 Å². The van der Waals surface area contributed by atoms with Gasteiger partial charge in [0.15, 0.2) is 0 Å². The first-order valence-corrected chi connectivity index (χ1v) is 5.06. The van der Waals surface area contributed by atoms with Crippen LogP contribution in [0.2, 0.25) is 0 Å². The van der Waals surface area contributed by atoms with Gasteiger partial charge in [-0.25, -0.2) is 0 Å². The number of rotatable bonds is 6. The van der Waals surface area contributed by atoms with Crippen LogP contribution in [0.1, 0.15) is 33.6 Å². The normalized spacial score (nSPS) is 11.9. The first kappa shape index (κ1) is 13.4. The quantitative estimate of drug-likeness (QED) is 0.581. The second kappa shape index (κ2) is 5.98.